The second-order valence-electron chi connectivity index (χ2n) is 15.9. The van der Waals surface area contributed by atoms with E-state index in [1.165, 1.54) is 33.4 Å². The highest BCUT2D eigenvalue weighted by atomic mass is 16.3. The Bertz CT molecular complexity index is 3430. The second kappa shape index (κ2) is 12.2. The topological polar surface area (TPSA) is 47.1 Å². The molecule has 0 bridgehead atoms. The quantitative estimate of drug-likeness (QED) is 0.176. The lowest BCUT2D eigenvalue weighted by molar-refractivity contribution is 0.661. The van der Waals surface area contributed by atoms with Gasteiger partial charge >= 0.3 is 0 Å². The molecular formula is C53H36N4O. The lowest BCUT2D eigenvalue weighted by Gasteiger charge is -2.26. The molecule has 3 heterocycles. The molecule has 0 atom stereocenters. The number of benzene rings is 8. The monoisotopic (exact) mass is 744 g/mol. The SMILES string of the molecule is CC1(C)c2ccccc2-c2cc3c4cc(N(c5ccc(-c6ccccc6)cc5)c5ccc6oc7ccccc7c6c5)ccc4n(-c4ncc5ccccc5n4)c3cc21. The van der Waals surface area contributed by atoms with Crippen LogP contribution in [-0.4, -0.2) is 14.5 Å². The minimum absolute atomic E-state index is 0.157. The highest BCUT2D eigenvalue weighted by molar-refractivity contribution is 6.13. The molecule has 0 saturated heterocycles. The molecule has 0 amide bonds. The normalized spacial score (nSPS) is 13.1. The van der Waals surface area contributed by atoms with E-state index in [-0.39, 0.29) is 5.41 Å². The Hall–Kier alpha value is -7.50. The maximum atomic E-state index is 6.28. The van der Waals surface area contributed by atoms with Crippen molar-refractivity contribution in [2.24, 2.45) is 0 Å². The Balaban J connectivity index is 1.12. The van der Waals surface area contributed by atoms with Gasteiger partial charge in [-0.15, -0.1) is 0 Å². The third-order valence-corrected chi connectivity index (χ3v) is 12.2. The zero-order chi connectivity index (χ0) is 38.5. The molecule has 0 fully saturated rings. The van der Waals surface area contributed by atoms with Crippen molar-refractivity contribution in [2.75, 3.05) is 4.90 Å². The highest BCUT2D eigenvalue weighted by Crippen LogP contribution is 2.51. The molecule has 12 rings (SSSR count). The summed E-state index contributed by atoms with van der Waals surface area (Å²) in [5.74, 6) is 0.658. The smallest absolute Gasteiger partial charge is 0.235 e. The van der Waals surface area contributed by atoms with Crippen LogP contribution in [0.15, 0.2) is 187 Å². The number of nitrogens with zero attached hydrogens (tertiary/aromatic N) is 4. The first kappa shape index (κ1) is 32.7. The minimum Gasteiger partial charge on any atom is -0.456 e. The standard InChI is InChI=1S/C53H36N4O/c1-53(2)45-17-9-7-15-39(45)41-30-43-42-28-37(24-26-48(42)57(49(43)31-46(41)53)52-54-32-35-14-6-10-18-47(35)55-52)56(36-22-20-34(21-23-36)33-12-4-3-5-13-33)38-25-27-51-44(29-38)40-16-8-11-19-50(40)58-51/h3-32H,1-2H3. The zero-order valence-corrected chi connectivity index (χ0v) is 32.0. The summed E-state index contributed by atoms with van der Waals surface area (Å²) in [6.07, 6.45) is 1.94. The number of rotatable bonds is 5. The zero-order valence-electron chi connectivity index (χ0n) is 32.0. The van der Waals surface area contributed by atoms with Gasteiger partial charge in [-0.05, 0) is 106 Å². The Morgan fingerprint density at radius 1 is 0.500 bits per heavy atom. The van der Waals surface area contributed by atoms with Gasteiger partial charge in [0.1, 0.15) is 11.2 Å². The van der Waals surface area contributed by atoms with Crippen LogP contribution in [0.3, 0.4) is 0 Å². The van der Waals surface area contributed by atoms with Crippen LogP contribution in [-0.2, 0) is 5.41 Å². The van der Waals surface area contributed by atoms with Crippen LogP contribution < -0.4 is 4.90 Å². The molecule has 5 nitrogen and oxygen atoms in total. The van der Waals surface area contributed by atoms with Crippen LogP contribution in [0.2, 0.25) is 0 Å². The van der Waals surface area contributed by atoms with Crippen molar-refractivity contribution in [2.45, 2.75) is 19.3 Å². The van der Waals surface area contributed by atoms with Gasteiger partial charge in [0.15, 0.2) is 0 Å². The fourth-order valence-electron chi connectivity index (χ4n) is 9.36. The summed E-state index contributed by atoms with van der Waals surface area (Å²) in [6, 6.07) is 62.9. The first-order chi connectivity index (χ1) is 28.5. The van der Waals surface area contributed by atoms with Crippen LogP contribution in [0.25, 0.3) is 82.8 Å². The number of anilines is 3. The van der Waals surface area contributed by atoms with Crippen LogP contribution in [0, 0.1) is 0 Å². The molecule has 0 N–H and O–H groups in total. The fraction of sp³-hybridized carbons (Fsp3) is 0.0566. The molecule has 5 heteroatoms. The number of furan rings is 1. The summed E-state index contributed by atoms with van der Waals surface area (Å²) in [7, 11) is 0. The van der Waals surface area contributed by atoms with Gasteiger partial charge in [-0.25, -0.2) is 9.97 Å². The Labute approximate surface area is 335 Å². The van der Waals surface area contributed by atoms with E-state index in [0.29, 0.717) is 5.95 Å². The number of para-hydroxylation sites is 2. The fourth-order valence-corrected chi connectivity index (χ4v) is 9.36. The number of hydrogen-bond donors (Lipinski definition) is 0. The van der Waals surface area contributed by atoms with E-state index in [4.69, 9.17) is 14.4 Å². The van der Waals surface area contributed by atoms with Crippen molar-refractivity contribution in [3.05, 3.63) is 193 Å². The van der Waals surface area contributed by atoms with Crippen LogP contribution in [0.4, 0.5) is 17.1 Å². The Morgan fingerprint density at radius 2 is 1.17 bits per heavy atom. The Morgan fingerprint density at radius 3 is 2.05 bits per heavy atom. The number of hydrogen-bond acceptors (Lipinski definition) is 4. The Kier molecular flexibility index (Phi) is 6.91. The van der Waals surface area contributed by atoms with E-state index in [1.807, 2.05) is 30.5 Å². The van der Waals surface area contributed by atoms with Crippen molar-refractivity contribution in [1.82, 2.24) is 14.5 Å². The van der Waals surface area contributed by atoms with Crippen molar-refractivity contribution in [1.29, 1.82) is 0 Å². The van der Waals surface area contributed by atoms with Gasteiger partial charge in [-0.2, -0.15) is 0 Å². The van der Waals surface area contributed by atoms with Crippen molar-refractivity contribution in [3.63, 3.8) is 0 Å². The van der Waals surface area contributed by atoms with Crippen molar-refractivity contribution in [3.8, 4) is 28.2 Å². The van der Waals surface area contributed by atoms with E-state index in [2.05, 4.69) is 175 Å². The van der Waals surface area contributed by atoms with E-state index in [0.717, 1.165) is 71.7 Å². The van der Waals surface area contributed by atoms with Gasteiger partial charge in [-0.3, -0.25) is 4.57 Å². The minimum atomic E-state index is -0.157. The third-order valence-electron chi connectivity index (χ3n) is 12.2. The molecule has 0 radical (unpaired) electrons. The van der Waals surface area contributed by atoms with E-state index < -0.39 is 0 Å². The molecule has 11 aromatic rings. The summed E-state index contributed by atoms with van der Waals surface area (Å²) in [4.78, 5) is 12.5. The second-order valence-corrected chi connectivity index (χ2v) is 15.9. The van der Waals surface area contributed by atoms with Gasteiger partial charge in [0.05, 0.1) is 16.6 Å². The van der Waals surface area contributed by atoms with Crippen molar-refractivity contribution < 1.29 is 4.42 Å². The summed E-state index contributed by atoms with van der Waals surface area (Å²) in [5, 5.41) is 5.50. The lowest BCUT2D eigenvalue weighted by Crippen LogP contribution is -2.15. The molecule has 8 aromatic carbocycles. The van der Waals surface area contributed by atoms with E-state index in [9.17, 15) is 0 Å². The highest BCUT2D eigenvalue weighted by Gasteiger charge is 2.36. The molecule has 3 aromatic heterocycles. The molecular weight excluding hydrogens is 709 g/mol. The predicted octanol–water partition coefficient (Wildman–Crippen LogP) is 14.1. The molecule has 58 heavy (non-hydrogen) atoms. The van der Waals surface area contributed by atoms with Gasteiger partial charge < -0.3 is 9.32 Å². The van der Waals surface area contributed by atoms with Crippen LogP contribution in [0.5, 0.6) is 0 Å². The van der Waals surface area contributed by atoms with Crippen LogP contribution in [0.1, 0.15) is 25.0 Å². The predicted molar refractivity (Wildman–Crippen MR) is 239 cm³/mol. The third kappa shape index (κ3) is 4.83. The maximum absolute atomic E-state index is 6.28. The lowest BCUT2D eigenvalue weighted by atomic mass is 9.82. The summed E-state index contributed by atoms with van der Waals surface area (Å²) < 4.78 is 8.54. The number of fused-ring (bicyclic) bond motifs is 10. The van der Waals surface area contributed by atoms with Gasteiger partial charge in [0.2, 0.25) is 5.95 Å². The van der Waals surface area contributed by atoms with Crippen LogP contribution >= 0.6 is 0 Å². The maximum Gasteiger partial charge on any atom is 0.235 e. The van der Waals surface area contributed by atoms with E-state index in [1.54, 1.807) is 0 Å². The largest absolute Gasteiger partial charge is 0.456 e. The molecule has 274 valence electrons. The van der Waals surface area contributed by atoms with Gasteiger partial charge in [0, 0.05) is 55.6 Å². The molecule has 0 aliphatic heterocycles. The average molecular weight is 745 g/mol. The molecule has 1 aliphatic carbocycles. The average Bonchev–Trinajstić information content (AvgIpc) is 3.88. The molecule has 0 unspecified atom stereocenters. The first-order valence-corrected chi connectivity index (χ1v) is 19.8. The first-order valence-electron chi connectivity index (χ1n) is 19.8. The summed E-state index contributed by atoms with van der Waals surface area (Å²) in [5.41, 5.74) is 15.4. The number of aromatic nitrogens is 3. The molecule has 0 saturated carbocycles. The summed E-state index contributed by atoms with van der Waals surface area (Å²) in [6.45, 7) is 4.67. The van der Waals surface area contributed by atoms with Gasteiger partial charge in [0.25, 0.3) is 0 Å². The molecule has 1 aliphatic rings. The summed E-state index contributed by atoms with van der Waals surface area (Å²) >= 11 is 0. The van der Waals surface area contributed by atoms with Gasteiger partial charge in [-0.1, -0.05) is 117 Å². The molecule has 0 spiro atoms. The van der Waals surface area contributed by atoms with E-state index >= 15 is 0 Å². The van der Waals surface area contributed by atoms with Crippen molar-refractivity contribution >= 4 is 71.7 Å².